The summed E-state index contributed by atoms with van der Waals surface area (Å²) in [5.74, 6) is 0.761. The number of methoxy groups -OCH3 is 1. The fourth-order valence-corrected chi connectivity index (χ4v) is 1.86. The fraction of sp³-hybridized carbons (Fsp3) is 0.400. The molecule has 0 heterocycles. The first-order valence-electron chi connectivity index (χ1n) is 4.33. The van der Waals surface area contributed by atoms with Crippen molar-refractivity contribution in [2.24, 2.45) is 5.73 Å². The van der Waals surface area contributed by atoms with Crippen LogP contribution in [0.3, 0.4) is 0 Å². The molecule has 4 heteroatoms. The molecule has 1 aromatic rings. The van der Waals surface area contributed by atoms with Crippen LogP contribution in [0.25, 0.3) is 0 Å². The number of hydrogen-bond acceptors (Lipinski definition) is 3. The Balaban J connectivity index is 3.05. The highest BCUT2D eigenvalue weighted by Gasteiger charge is 2.15. The second kappa shape index (κ2) is 4.95. The van der Waals surface area contributed by atoms with Gasteiger partial charge in [0, 0.05) is 3.57 Å². The maximum absolute atomic E-state index is 9.39. The Bertz CT molecular complexity index is 315. The Morgan fingerprint density at radius 2 is 2.14 bits per heavy atom. The summed E-state index contributed by atoms with van der Waals surface area (Å²) in [6.07, 6.45) is -0.560. The van der Waals surface area contributed by atoms with Gasteiger partial charge in [-0.2, -0.15) is 0 Å². The van der Waals surface area contributed by atoms with E-state index in [4.69, 9.17) is 10.5 Å². The molecule has 0 radical (unpaired) electrons. The number of ether oxygens (including phenoxy) is 1. The molecule has 0 amide bonds. The molecule has 0 bridgehead atoms. The van der Waals surface area contributed by atoms with Crippen molar-refractivity contribution < 1.29 is 9.84 Å². The molecule has 0 aromatic heterocycles. The van der Waals surface area contributed by atoms with E-state index in [0.29, 0.717) is 0 Å². The zero-order chi connectivity index (χ0) is 10.7. The Morgan fingerprint density at radius 1 is 1.50 bits per heavy atom. The summed E-state index contributed by atoms with van der Waals surface area (Å²) in [6.45, 7) is 1.68. The van der Waals surface area contributed by atoms with Crippen LogP contribution in [0, 0.1) is 3.57 Å². The highest BCUT2D eigenvalue weighted by atomic mass is 127. The van der Waals surface area contributed by atoms with Crippen LogP contribution in [-0.4, -0.2) is 18.3 Å². The molecule has 0 saturated heterocycles. The van der Waals surface area contributed by atoms with Crippen molar-refractivity contribution >= 4 is 22.6 Å². The Hall–Kier alpha value is -0.330. The first-order chi connectivity index (χ1) is 6.56. The first kappa shape index (κ1) is 11.7. The van der Waals surface area contributed by atoms with Crippen molar-refractivity contribution in [2.45, 2.75) is 19.1 Å². The van der Waals surface area contributed by atoms with Crippen LogP contribution in [0.2, 0.25) is 0 Å². The summed E-state index contributed by atoms with van der Waals surface area (Å²) in [5.41, 5.74) is 6.77. The lowest BCUT2D eigenvalue weighted by atomic mass is 10.0. The van der Waals surface area contributed by atoms with E-state index in [1.165, 1.54) is 0 Å². The molecule has 14 heavy (non-hydrogen) atoms. The lowest BCUT2D eigenvalue weighted by molar-refractivity contribution is 0.164. The van der Waals surface area contributed by atoms with Gasteiger partial charge in [-0.05, 0) is 53.3 Å². The molecule has 0 aliphatic heterocycles. The van der Waals surface area contributed by atoms with Crippen molar-refractivity contribution in [3.63, 3.8) is 0 Å². The molecular weight excluding hydrogens is 293 g/mol. The van der Waals surface area contributed by atoms with Gasteiger partial charge in [0.1, 0.15) is 5.75 Å². The molecule has 1 rings (SSSR count). The number of aliphatic hydroxyl groups excluding tert-OH is 1. The minimum atomic E-state index is -0.560. The first-order valence-corrected chi connectivity index (χ1v) is 5.41. The van der Waals surface area contributed by atoms with Crippen LogP contribution >= 0.6 is 22.6 Å². The predicted molar refractivity (Wildman–Crippen MR) is 64.3 cm³/mol. The largest absolute Gasteiger partial charge is 0.497 e. The highest BCUT2D eigenvalue weighted by Crippen LogP contribution is 2.25. The van der Waals surface area contributed by atoms with Gasteiger partial charge in [0.2, 0.25) is 0 Å². The van der Waals surface area contributed by atoms with Crippen LogP contribution in [0.5, 0.6) is 5.75 Å². The van der Waals surface area contributed by atoms with Crippen LogP contribution in [0.15, 0.2) is 18.2 Å². The smallest absolute Gasteiger partial charge is 0.119 e. The van der Waals surface area contributed by atoms with Crippen LogP contribution in [0.1, 0.15) is 18.5 Å². The van der Waals surface area contributed by atoms with E-state index in [-0.39, 0.29) is 6.04 Å². The summed E-state index contributed by atoms with van der Waals surface area (Å²) < 4.78 is 6.14. The standard InChI is InChI=1S/C10H14INO2/c1-6(13)10(12)8-5-7(14-2)3-4-9(8)11/h3-6,10,13H,12H2,1-2H3/t6?,10-/m0/s1. The second-order valence-corrected chi connectivity index (χ2v) is 4.32. The Kier molecular flexibility index (Phi) is 4.15. The fourth-order valence-electron chi connectivity index (χ4n) is 1.16. The molecule has 0 spiro atoms. The minimum Gasteiger partial charge on any atom is -0.497 e. The van der Waals surface area contributed by atoms with Gasteiger partial charge >= 0.3 is 0 Å². The van der Waals surface area contributed by atoms with Gasteiger partial charge in [0.25, 0.3) is 0 Å². The highest BCUT2D eigenvalue weighted by molar-refractivity contribution is 14.1. The third-order valence-electron chi connectivity index (χ3n) is 2.08. The van der Waals surface area contributed by atoms with Gasteiger partial charge in [-0.15, -0.1) is 0 Å². The maximum atomic E-state index is 9.39. The molecular formula is C10H14INO2. The van der Waals surface area contributed by atoms with Gasteiger partial charge < -0.3 is 15.6 Å². The van der Waals surface area contributed by atoms with E-state index in [2.05, 4.69) is 22.6 Å². The van der Waals surface area contributed by atoms with Crippen molar-refractivity contribution in [1.29, 1.82) is 0 Å². The molecule has 2 atom stereocenters. The molecule has 3 N–H and O–H groups in total. The van der Waals surface area contributed by atoms with E-state index in [9.17, 15) is 5.11 Å². The molecule has 0 aliphatic carbocycles. The summed E-state index contributed by atoms with van der Waals surface area (Å²) >= 11 is 2.20. The molecule has 0 fully saturated rings. The zero-order valence-corrected chi connectivity index (χ0v) is 10.4. The third-order valence-corrected chi connectivity index (χ3v) is 3.06. The van der Waals surface area contributed by atoms with Crippen LogP contribution < -0.4 is 10.5 Å². The zero-order valence-electron chi connectivity index (χ0n) is 8.20. The minimum absolute atomic E-state index is 0.364. The topological polar surface area (TPSA) is 55.5 Å². The van der Waals surface area contributed by atoms with Crippen molar-refractivity contribution in [3.05, 3.63) is 27.3 Å². The van der Waals surface area contributed by atoms with Gasteiger partial charge in [-0.3, -0.25) is 0 Å². The van der Waals surface area contributed by atoms with E-state index >= 15 is 0 Å². The summed E-state index contributed by atoms with van der Waals surface area (Å²) in [7, 11) is 1.61. The Morgan fingerprint density at radius 3 is 2.64 bits per heavy atom. The van der Waals surface area contributed by atoms with Gasteiger partial charge in [0.05, 0.1) is 19.3 Å². The number of rotatable bonds is 3. The van der Waals surface area contributed by atoms with Crippen molar-refractivity contribution in [1.82, 2.24) is 0 Å². The third kappa shape index (κ3) is 2.59. The van der Waals surface area contributed by atoms with Crippen LogP contribution in [-0.2, 0) is 0 Å². The Labute approximate surface area is 97.4 Å². The van der Waals surface area contributed by atoms with E-state index in [1.54, 1.807) is 14.0 Å². The van der Waals surface area contributed by atoms with Crippen LogP contribution in [0.4, 0.5) is 0 Å². The summed E-state index contributed by atoms with van der Waals surface area (Å²) in [4.78, 5) is 0. The molecule has 1 aromatic carbocycles. The average Bonchev–Trinajstić information content (AvgIpc) is 2.17. The predicted octanol–water partition coefficient (Wildman–Crippen LogP) is 1.68. The van der Waals surface area contributed by atoms with Crippen molar-refractivity contribution in [2.75, 3.05) is 7.11 Å². The van der Waals surface area contributed by atoms with Gasteiger partial charge in [0.15, 0.2) is 0 Å². The summed E-state index contributed by atoms with van der Waals surface area (Å²) in [6, 6.07) is 5.30. The van der Waals surface area contributed by atoms with E-state index < -0.39 is 6.10 Å². The maximum Gasteiger partial charge on any atom is 0.119 e. The number of halogens is 1. The molecule has 0 aliphatic rings. The van der Waals surface area contributed by atoms with Gasteiger partial charge in [-0.1, -0.05) is 0 Å². The van der Waals surface area contributed by atoms with E-state index in [0.717, 1.165) is 14.9 Å². The monoisotopic (exact) mass is 307 g/mol. The lowest BCUT2D eigenvalue weighted by Crippen LogP contribution is -2.24. The average molecular weight is 307 g/mol. The second-order valence-electron chi connectivity index (χ2n) is 3.15. The normalized spacial score (nSPS) is 14.9. The summed E-state index contributed by atoms with van der Waals surface area (Å²) in [5, 5.41) is 9.39. The van der Waals surface area contributed by atoms with Crippen molar-refractivity contribution in [3.8, 4) is 5.75 Å². The SMILES string of the molecule is COc1ccc(I)c([C@@H](N)C(C)O)c1. The number of nitrogens with two attached hydrogens (primary N) is 1. The number of benzene rings is 1. The molecule has 3 nitrogen and oxygen atoms in total. The lowest BCUT2D eigenvalue weighted by Gasteiger charge is -2.17. The quantitative estimate of drug-likeness (QED) is 0.836. The molecule has 78 valence electrons. The number of aliphatic hydroxyl groups is 1. The number of hydrogen-bond donors (Lipinski definition) is 2. The van der Waals surface area contributed by atoms with Gasteiger partial charge in [-0.25, -0.2) is 0 Å². The molecule has 1 unspecified atom stereocenters. The van der Waals surface area contributed by atoms with E-state index in [1.807, 2.05) is 18.2 Å². The molecule has 0 saturated carbocycles.